The molecule has 11 heteroatoms. The van der Waals surface area contributed by atoms with Crippen LogP contribution in [0.4, 0.5) is 0 Å². The number of benzene rings is 2. The maximum atomic E-state index is 12.4. The molecule has 5 atom stereocenters. The van der Waals surface area contributed by atoms with E-state index in [0.717, 1.165) is 27.8 Å². The number of rotatable bonds is 4. The van der Waals surface area contributed by atoms with Gasteiger partial charge in [-0.3, -0.25) is 14.6 Å². The molecule has 0 saturated carbocycles. The summed E-state index contributed by atoms with van der Waals surface area (Å²) < 4.78 is 17.3. The number of methoxy groups -OCH3 is 1. The topological polar surface area (TPSA) is 128 Å². The Morgan fingerprint density at radius 1 is 1.18 bits per heavy atom. The summed E-state index contributed by atoms with van der Waals surface area (Å²) in [5, 5.41) is 36.5. The molecule has 2 aromatic carbocycles. The summed E-state index contributed by atoms with van der Waals surface area (Å²) in [7, 11) is 3.55. The molecule has 4 heterocycles. The van der Waals surface area contributed by atoms with Crippen molar-refractivity contribution in [1.29, 1.82) is 5.26 Å². The van der Waals surface area contributed by atoms with Crippen LogP contribution in [0.5, 0.6) is 28.7 Å². The predicted molar refractivity (Wildman–Crippen MR) is 141 cm³/mol. The number of phenols is 2. The van der Waals surface area contributed by atoms with Gasteiger partial charge in [0, 0.05) is 91.4 Å². The van der Waals surface area contributed by atoms with Crippen LogP contribution >= 0.6 is 0 Å². The number of carbonyl (C=O) groups excluding carboxylic acids is 1. The average Bonchev–Trinajstić information content (AvgIpc) is 3.41. The predicted octanol–water partition coefficient (Wildman–Crippen LogP) is 2.75. The smallest absolute Gasteiger partial charge is 0.231 e. The largest absolute Gasteiger partial charge is 0.507 e. The van der Waals surface area contributed by atoms with Crippen LogP contribution in [-0.2, 0) is 17.6 Å². The molecule has 1 amide bonds. The van der Waals surface area contributed by atoms with E-state index in [1.54, 1.807) is 21.0 Å². The van der Waals surface area contributed by atoms with E-state index in [4.69, 9.17) is 14.2 Å². The number of amides is 1. The molecule has 2 bridgehead atoms. The second-order valence-corrected chi connectivity index (χ2v) is 10.9. The molecule has 4 aliphatic rings. The normalized spacial score (nSPS) is 26.1. The van der Waals surface area contributed by atoms with Crippen molar-refractivity contribution in [3.63, 3.8) is 0 Å². The monoisotopic (exact) mass is 761 g/mol. The van der Waals surface area contributed by atoms with Crippen molar-refractivity contribution in [2.75, 3.05) is 27.5 Å². The third-order valence-electron chi connectivity index (χ3n) is 9.11. The number of nitrogens with one attached hydrogen (secondary N) is 1. The number of hydrogen-bond acceptors (Lipinski definition) is 9. The van der Waals surface area contributed by atoms with Crippen molar-refractivity contribution in [2.45, 2.75) is 70.2 Å². The molecule has 3 N–H and O–H groups in total. The van der Waals surface area contributed by atoms with Crippen LogP contribution in [0, 0.1) is 69.2 Å². The molecule has 40 heavy (non-hydrogen) atoms. The van der Waals surface area contributed by atoms with E-state index in [-0.39, 0.29) is 92.9 Å². The van der Waals surface area contributed by atoms with E-state index in [0.29, 0.717) is 42.1 Å². The van der Waals surface area contributed by atoms with Gasteiger partial charge in [0.1, 0.15) is 11.8 Å². The van der Waals surface area contributed by atoms with E-state index >= 15 is 0 Å². The third kappa shape index (κ3) is 4.09. The molecular formula is C29H34AcN4O6. The van der Waals surface area contributed by atoms with Gasteiger partial charge in [-0.2, -0.15) is 5.26 Å². The van der Waals surface area contributed by atoms with Gasteiger partial charge in [0.25, 0.3) is 0 Å². The maximum absolute atomic E-state index is 12.4. The molecular weight excluding hydrogens is 727 g/mol. The Morgan fingerprint density at radius 3 is 2.58 bits per heavy atom. The zero-order valence-corrected chi connectivity index (χ0v) is 28.2. The molecule has 6 rings (SSSR count). The first-order valence-corrected chi connectivity index (χ1v) is 13.4. The van der Waals surface area contributed by atoms with Crippen molar-refractivity contribution in [3.8, 4) is 34.8 Å². The van der Waals surface area contributed by atoms with Crippen LogP contribution in [0.2, 0.25) is 0 Å². The fraction of sp³-hybridized carbons (Fsp3) is 0.517. The van der Waals surface area contributed by atoms with Crippen LogP contribution in [0.25, 0.3) is 0 Å². The Kier molecular flexibility index (Phi) is 7.95. The second kappa shape index (κ2) is 10.9. The van der Waals surface area contributed by atoms with Crippen LogP contribution < -0.4 is 19.5 Å². The van der Waals surface area contributed by atoms with E-state index in [2.05, 4.69) is 27.3 Å². The molecule has 0 spiro atoms. The van der Waals surface area contributed by atoms with Gasteiger partial charge in [-0.1, -0.05) is 13.0 Å². The number of nitrogens with zero attached hydrogens (tertiary/aromatic N) is 3. The number of aromatic hydroxyl groups is 2. The quantitative estimate of drug-likeness (QED) is 0.432. The summed E-state index contributed by atoms with van der Waals surface area (Å²) in [5.41, 5.74) is 4.73. The number of carbonyl (C=O) groups is 1. The van der Waals surface area contributed by atoms with E-state index in [1.165, 1.54) is 0 Å². The molecule has 2 aromatic rings. The van der Waals surface area contributed by atoms with Crippen molar-refractivity contribution in [1.82, 2.24) is 15.1 Å². The number of likely N-dealkylation sites (N-methyl/N-ethyl adjacent to an activating group) is 1. The number of phenolic OH excluding ortho intramolecular Hbond substituents is 2. The molecule has 0 aliphatic carbocycles. The number of fused-ring (bicyclic) bond motifs is 9. The summed E-state index contributed by atoms with van der Waals surface area (Å²) in [6.45, 7) is 5.79. The summed E-state index contributed by atoms with van der Waals surface area (Å²) >= 11 is 0. The number of ether oxygens (including phenoxy) is 3. The number of hydrogen-bond donors (Lipinski definition) is 3. The third-order valence-corrected chi connectivity index (χ3v) is 9.11. The number of aryl methyl sites for hydroxylation is 1. The van der Waals surface area contributed by atoms with E-state index < -0.39 is 12.1 Å². The molecule has 1 saturated heterocycles. The van der Waals surface area contributed by atoms with E-state index in [9.17, 15) is 20.3 Å². The summed E-state index contributed by atoms with van der Waals surface area (Å²) in [5.74, 6) is 1.67. The molecule has 10 nitrogen and oxygen atoms in total. The Morgan fingerprint density at radius 2 is 1.90 bits per heavy atom. The number of nitriles is 1. The minimum Gasteiger partial charge on any atom is -0.507 e. The van der Waals surface area contributed by atoms with Gasteiger partial charge in [-0.15, -0.1) is 0 Å². The Balaban J connectivity index is 0.00000323. The van der Waals surface area contributed by atoms with Crippen molar-refractivity contribution in [3.05, 3.63) is 39.4 Å². The first-order chi connectivity index (χ1) is 18.7. The van der Waals surface area contributed by atoms with Crippen LogP contribution in [0.15, 0.2) is 6.07 Å². The van der Waals surface area contributed by atoms with Gasteiger partial charge in [0.2, 0.25) is 12.7 Å². The van der Waals surface area contributed by atoms with Gasteiger partial charge in [-0.05, 0) is 44.9 Å². The molecule has 1 unspecified atom stereocenters. The SMILES string of the molecule is CCC(=O)NC[C@H]1c2c(c(O)c(C)c3c2OCO3)CC2[C@H]3c4c(cc(C)c(OC)c4O)C[C@@H]([C@H](C#N)N21)N3C.[Ac]. The molecule has 0 aromatic heterocycles. The molecule has 1 radical (unpaired) electrons. The minimum atomic E-state index is -0.507. The van der Waals surface area contributed by atoms with Crippen LogP contribution in [0.1, 0.15) is 58.8 Å². The summed E-state index contributed by atoms with van der Waals surface area (Å²) in [4.78, 5) is 16.8. The minimum absolute atomic E-state index is 0. The Hall–Kier alpha value is -2.24. The summed E-state index contributed by atoms with van der Waals surface area (Å²) in [6.07, 6.45) is 1.34. The maximum Gasteiger partial charge on any atom is 0.231 e. The van der Waals surface area contributed by atoms with Crippen molar-refractivity contribution in [2.24, 2.45) is 0 Å². The van der Waals surface area contributed by atoms with Gasteiger partial charge < -0.3 is 29.7 Å². The van der Waals surface area contributed by atoms with Crippen molar-refractivity contribution >= 4 is 5.91 Å². The Labute approximate surface area is 269 Å². The molecule has 1 fully saturated rings. The van der Waals surface area contributed by atoms with Gasteiger partial charge >= 0.3 is 0 Å². The average molecular weight is 762 g/mol. The molecule has 4 aliphatic heterocycles. The van der Waals surface area contributed by atoms with Crippen LogP contribution in [0.3, 0.4) is 0 Å². The van der Waals surface area contributed by atoms with Gasteiger partial charge in [-0.25, -0.2) is 0 Å². The van der Waals surface area contributed by atoms with Crippen LogP contribution in [-0.4, -0.2) is 71.5 Å². The Bertz CT molecular complexity index is 1420. The summed E-state index contributed by atoms with van der Waals surface area (Å²) in [6, 6.07) is 2.97. The zero-order chi connectivity index (χ0) is 27.7. The van der Waals surface area contributed by atoms with Gasteiger partial charge in [0.15, 0.2) is 23.0 Å². The standard InChI is InChI=1S/C29H34N4O6.Ac/c1-6-21(34)31-11-20-23-16(25(35)14(3)28-29(23)39-12-38-28)9-18-24-22-15(7-13(2)27(37-5)26(22)36)8-17(32(24)4)19(10-30)33(18)20;/h7,17-20,24,35-36H,6,8-9,11-12H2,1-5H3,(H,31,34);/t17-,18?,19-,20-,24-;/m0./s1. The first kappa shape index (κ1) is 29.3. The van der Waals surface area contributed by atoms with E-state index in [1.807, 2.05) is 14.0 Å². The number of piperazine rings is 1. The van der Waals surface area contributed by atoms with Crippen molar-refractivity contribution < 1.29 is 73.3 Å². The first-order valence-electron chi connectivity index (χ1n) is 13.4. The zero-order valence-electron chi connectivity index (χ0n) is 23.4. The fourth-order valence-electron chi connectivity index (χ4n) is 7.38. The second-order valence-electron chi connectivity index (χ2n) is 10.9. The van der Waals surface area contributed by atoms with Gasteiger partial charge in [0.05, 0.1) is 25.3 Å². The fourth-order valence-corrected chi connectivity index (χ4v) is 7.38. The molecule has 209 valence electrons.